The summed E-state index contributed by atoms with van der Waals surface area (Å²) in [6.45, 7) is 1.55. The molecule has 3 aromatic rings. The molecule has 2 aromatic carbocycles. The number of aryl methyl sites for hydroxylation is 2. The van der Waals surface area contributed by atoms with Crippen LogP contribution in [0.3, 0.4) is 0 Å². The molecule has 0 unspecified atom stereocenters. The first kappa shape index (κ1) is 18.6. The number of nitrogens with zero attached hydrogens (tertiary/aromatic N) is 1. The molecule has 0 aliphatic carbocycles. The number of ether oxygens (including phenoxy) is 3. The third-order valence-electron chi connectivity index (χ3n) is 4.84. The standard InChI is InChI=1S/C22H20N2O5/c1-12-6-15(28-11-20(23)25)9-18-21(12)22(26)19(29-18)7-13-10-24(2)17-5-4-14(27-3)8-16(13)17/h4-10H,11H2,1-3H3,(H2,23,25)/b19-7-. The lowest BCUT2D eigenvalue weighted by Crippen LogP contribution is -2.20. The lowest BCUT2D eigenvalue weighted by molar-refractivity contribution is -0.119. The first-order chi connectivity index (χ1) is 13.9. The van der Waals surface area contributed by atoms with Crippen molar-refractivity contribution in [2.75, 3.05) is 13.7 Å². The molecule has 29 heavy (non-hydrogen) atoms. The van der Waals surface area contributed by atoms with Crippen LogP contribution < -0.4 is 19.9 Å². The van der Waals surface area contributed by atoms with E-state index in [4.69, 9.17) is 19.9 Å². The predicted molar refractivity (Wildman–Crippen MR) is 108 cm³/mol. The lowest BCUT2D eigenvalue weighted by Gasteiger charge is -2.07. The number of rotatable bonds is 5. The van der Waals surface area contributed by atoms with E-state index in [1.807, 2.05) is 36.0 Å². The normalized spacial score (nSPS) is 14.2. The van der Waals surface area contributed by atoms with E-state index in [9.17, 15) is 9.59 Å². The molecule has 2 heterocycles. The van der Waals surface area contributed by atoms with Crippen LogP contribution in [0.5, 0.6) is 17.2 Å². The van der Waals surface area contributed by atoms with Crippen molar-refractivity contribution in [2.24, 2.45) is 12.8 Å². The predicted octanol–water partition coefficient (Wildman–Crippen LogP) is 2.98. The quantitative estimate of drug-likeness (QED) is 0.674. The van der Waals surface area contributed by atoms with E-state index in [2.05, 4.69) is 0 Å². The third kappa shape index (κ3) is 3.31. The van der Waals surface area contributed by atoms with E-state index in [0.717, 1.165) is 22.2 Å². The zero-order valence-corrected chi connectivity index (χ0v) is 16.3. The summed E-state index contributed by atoms with van der Waals surface area (Å²) in [4.78, 5) is 23.9. The van der Waals surface area contributed by atoms with Crippen LogP contribution in [0.1, 0.15) is 21.5 Å². The van der Waals surface area contributed by atoms with Crippen LogP contribution in [0.4, 0.5) is 0 Å². The number of Topliss-reactive ketones (excluding diaryl/α,β-unsaturated/α-hetero) is 1. The minimum absolute atomic E-state index is 0.196. The van der Waals surface area contributed by atoms with E-state index in [0.29, 0.717) is 22.6 Å². The molecule has 0 fully saturated rings. The zero-order valence-electron chi connectivity index (χ0n) is 16.3. The van der Waals surface area contributed by atoms with Crippen LogP contribution in [0.25, 0.3) is 17.0 Å². The Balaban J connectivity index is 1.72. The number of hydrogen-bond acceptors (Lipinski definition) is 5. The average Bonchev–Trinajstić information content (AvgIpc) is 3.17. The van der Waals surface area contributed by atoms with Gasteiger partial charge in [-0.15, -0.1) is 0 Å². The number of hydrogen-bond donors (Lipinski definition) is 1. The minimum Gasteiger partial charge on any atom is -0.497 e. The van der Waals surface area contributed by atoms with Crippen molar-refractivity contribution in [1.82, 2.24) is 4.57 Å². The monoisotopic (exact) mass is 392 g/mol. The van der Waals surface area contributed by atoms with Crippen molar-refractivity contribution < 1.29 is 23.8 Å². The molecule has 1 aliphatic rings. The fourth-order valence-corrected chi connectivity index (χ4v) is 3.50. The number of primary amides is 1. The van der Waals surface area contributed by atoms with Gasteiger partial charge in [-0.05, 0) is 42.8 Å². The van der Waals surface area contributed by atoms with E-state index >= 15 is 0 Å². The van der Waals surface area contributed by atoms with Crippen molar-refractivity contribution in [3.63, 3.8) is 0 Å². The molecule has 4 rings (SSSR count). The summed E-state index contributed by atoms with van der Waals surface area (Å²) in [5.41, 5.74) is 8.17. The van der Waals surface area contributed by atoms with Crippen molar-refractivity contribution in [1.29, 1.82) is 0 Å². The van der Waals surface area contributed by atoms with Crippen LogP contribution in [0.15, 0.2) is 42.3 Å². The summed E-state index contributed by atoms with van der Waals surface area (Å²) in [6, 6.07) is 9.07. The van der Waals surface area contributed by atoms with Gasteiger partial charge in [0.1, 0.15) is 17.2 Å². The molecular weight excluding hydrogens is 372 g/mol. The number of aromatic nitrogens is 1. The van der Waals surface area contributed by atoms with Crippen LogP contribution in [-0.2, 0) is 11.8 Å². The largest absolute Gasteiger partial charge is 0.497 e. The van der Waals surface area contributed by atoms with Gasteiger partial charge in [0.15, 0.2) is 12.4 Å². The van der Waals surface area contributed by atoms with E-state index in [1.54, 1.807) is 32.2 Å². The Morgan fingerprint density at radius 3 is 2.76 bits per heavy atom. The van der Waals surface area contributed by atoms with Crippen molar-refractivity contribution >= 4 is 28.7 Å². The van der Waals surface area contributed by atoms with E-state index in [1.165, 1.54) is 0 Å². The molecule has 1 amide bonds. The Labute approximate surface area is 167 Å². The maximum Gasteiger partial charge on any atom is 0.255 e. The number of allylic oxidation sites excluding steroid dienone is 1. The number of benzene rings is 2. The SMILES string of the molecule is COc1ccc2c(c1)c(/C=C1\Oc3cc(OCC(N)=O)cc(C)c3C1=O)cn2C. The molecule has 0 spiro atoms. The number of nitrogens with two attached hydrogens (primary N) is 1. The first-order valence-electron chi connectivity index (χ1n) is 9.00. The van der Waals surface area contributed by atoms with Crippen LogP contribution in [0.2, 0.25) is 0 Å². The second-order valence-electron chi connectivity index (χ2n) is 6.89. The molecule has 148 valence electrons. The highest BCUT2D eigenvalue weighted by atomic mass is 16.5. The van der Waals surface area contributed by atoms with Crippen LogP contribution >= 0.6 is 0 Å². The summed E-state index contributed by atoms with van der Waals surface area (Å²) in [6.07, 6.45) is 3.67. The van der Waals surface area contributed by atoms with Gasteiger partial charge in [-0.3, -0.25) is 9.59 Å². The molecule has 1 aliphatic heterocycles. The second kappa shape index (κ2) is 7.01. The van der Waals surface area contributed by atoms with Crippen LogP contribution in [-0.4, -0.2) is 30.0 Å². The lowest BCUT2D eigenvalue weighted by atomic mass is 10.0. The van der Waals surface area contributed by atoms with Gasteiger partial charge in [0.2, 0.25) is 5.78 Å². The fraction of sp³-hybridized carbons (Fsp3) is 0.182. The first-order valence-corrected chi connectivity index (χ1v) is 9.00. The zero-order chi connectivity index (χ0) is 20.7. The Morgan fingerprint density at radius 1 is 1.24 bits per heavy atom. The summed E-state index contributed by atoms with van der Waals surface area (Å²) < 4.78 is 18.5. The molecule has 7 nitrogen and oxygen atoms in total. The number of methoxy groups -OCH3 is 1. The molecule has 2 N–H and O–H groups in total. The van der Waals surface area contributed by atoms with Crippen molar-refractivity contribution in [3.05, 3.63) is 59.0 Å². The van der Waals surface area contributed by atoms with Gasteiger partial charge in [-0.1, -0.05) is 0 Å². The van der Waals surface area contributed by atoms with Gasteiger partial charge in [0, 0.05) is 35.8 Å². The Kier molecular flexibility index (Phi) is 4.50. The molecular formula is C22H20N2O5. The molecule has 1 aromatic heterocycles. The van der Waals surface area contributed by atoms with E-state index in [-0.39, 0.29) is 18.1 Å². The number of carbonyl (C=O) groups excluding carboxylic acids is 2. The van der Waals surface area contributed by atoms with Gasteiger partial charge in [-0.2, -0.15) is 0 Å². The summed E-state index contributed by atoms with van der Waals surface area (Å²) in [5, 5.41) is 0.953. The molecule has 0 atom stereocenters. The minimum atomic E-state index is -0.577. The number of fused-ring (bicyclic) bond motifs is 2. The topological polar surface area (TPSA) is 92.8 Å². The summed E-state index contributed by atoms with van der Waals surface area (Å²) in [7, 11) is 3.55. The van der Waals surface area contributed by atoms with Gasteiger partial charge in [0.05, 0.1) is 12.7 Å². The van der Waals surface area contributed by atoms with Crippen LogP contribution in [0, 0.1) is 6.92 Å². The second-order valence-corrected chi connectivity index (χ2v) is 6.89. The maximum atomic E-state index is 12.9. The van der Waals surface area contributed by atoms with Gasteiger partial charge >= 0.3 is 0 Å². The van der Waals surface area contributed by atoms with Gasteiger partial charge in [-0.25, -0.2) is 0 Å². The van der Waals surface area contributed by atoms with Crippen molar-refractivity contribution in [2.45, 2.75) is 6.92 Å². The molecule has 0 saturated carbocycles. The average molecular weight is 392 g/mol. The van der Waals surface area contributed by atoms with Gasteiger partial charge in [0.25, 0.3) is 5.91 Å². The number of ketones is 1. The smallest absolute Gasteiger partial charge is 0.255 e. The number of amides is 1. The summed E-state index contributed by atoms with van der Waals surface area (Å²) in [5.74, 6) is 1.01. The molecule has 0 radical (unpaired) electrons. The molecule has 7 heteroatoms. The Hall–Kier alpha value is -3.74. The van der Waals surface area contributed by atoms with E-state index < -0.39 is 5.91 Å². The van der Waals surface area contributed by atoms with Crippen molar-refractivity contribution in [3.8, 4) is 17.2 Å². The Bertz CT molecular complexity index is 1190. The fourth-order valence-electron chi connectivity index (χ4n) is 3.50. The van der Waals surface area contributed by atoms with Gasteiger partial charge < -0.3 is 24.5 Å². The maximum absolute atomic E-state index is 12.9. The highest BCUT2D eigenvalue weighted by molar-refractivity contribution is 6.16. The number of carbonyl (C=O) groups is 2. The third-order valence-corrected chi connectivity index (χ3v) is 4.84. The Morgan fingerprint density at radius 2 is 2.03 bits per heavy atom. The highest BCUT2D eigenvalue weighted by Gasteiger charge is 2.30. The molecule has 0 bridgehead atoms. The highest BCUT2D eigenvalue weighted by Crippen LogP contribution is 2.38. The molecule has 0 saturated heterocycles. The summed E-state index contributed by atoms with van der Waals surface area (Å²) >= 11 is 0.